The van der Waals surface area contributed by atoms with Crippen LogP contribution in [0.2, 0.25) is 0 Å². The maximum Gasteiger partial charge on any atom is 0.169 e. The van der Waals surface area contributed by atoms with Crippen LogP contribution < -0.4 is 4.57 Å². The van der Waals surface area contributed by atoms with Crippen molar-refractivity contribution < 1.29 is 4.57 Å². The van der Waals surface area contributed by atoms with Crippen LogP contribution in [-0.4, -0.2) is 0 Å². The predicted octanol–water partition coefficient (Wildman–Crippen LogP) is 4.64. The zero-order chi connectivity index (χ0) is 14.4. The highest BCUT2D eigenvalue weighted by atomic mass is 79.9. The van der Waals surface area contributed by atoms with Crippen molar-refractivity contribution in [2.45, 2.75) is 26.3 Å². The van der Waals surface area contributed by atoms with Crippen molar-refractivity contribution in [2.24, 2.45) is 0 Å². The Balaban J connectivity index is 1.86. The minimum atomic E-state index is 0.903. The first-order valence-electron chi connectivity index (χ1n) is 6.55. The van der Waals surface area contributed by atoms with Crippen LogP contribution in [0.15, 0.2) is 51.7 Å². The van der Waals surface area contributed by atoms with Crippen molar-refractivity contribution in [3.63, 3.8) is 0 Å². The van der Waals surface area contributed by atoms with E-state index in [2.05, 4.69) is 79.7 Å². The summed E-state index contributed by atoms with van der Waals surface area (Å²) < 4.78 is 4.30. The normalized spacial score (nSPS) is 9.95. The molecule has 0 bridgehead atoms. The van der Waals surface area contributed by atoms with Crippen LogP contribution in [0.25, 0.3) is 0 Å². The quantitative estimate of drug-likeness (QED) is 0.406. The Labute approximate surface area is 137 Å². The Morgan fingerprint density at radius 2 is 1.85 bits per heavy atom. The van der Waals surface area contributed by atoms with Crippen molar-refractivity contribution in [3.8, 4) is 11.8 Å². The Hall–Kier alpha value is -1.11. The summed E-state index contributed by atoms with van der Waals surface area (Å²) in [7, 11) is 0. The van der Waals surface area contributed by atoms with Gasteiger partial charge in [0, 0.05) is 39.5 Å². The second-order valence-corrected chi connectivity index (χ2v) is 6.41. The molecular weight excluding hydrogens is 378 g/mol. The number of hydrogen-bond acceptors (Lipinski definition) is 0. The van der Waals surface area contributed by atoms with Crippen molar-refractivity contribution in [3.05, 3.63) is 62.8 Å². The zero-order valence-corrected chi connectivity index (χ0v) is 14.5. The SMILES string of the molecule is Cc1cc[n+](CCCC#Cc2cc(Br)ccc2Br)cc1. The highest BCUT2D eigenvalue weighted by Gasteiger charge is 1.98. The fraction of sp³-hybridized carbons (Fsp3) is 0.235. The minimum Gasteiger partial charge on any atom is -0.205 e. The summed E-state index contributed by atoms with van der Waals surface area (Å²) in [5, 5.41) is 0. The van der Waals surface area contributed by atoms with Crippen molar-refractivity contribution in [1.29, 1.82) is 0 Å². The number of hydrogen-bond donors (Lipinski definition) is 0. The summed E-state index contributed by atoms with van der Waals surface area (Å²) >= 11 is 6.98. The lowest BCUT2D eigenvalue weighted by Crippen LogP contribution is -2.32. The van der Waals surface area contributed by atoms with E-state index in [9.17, 15) is 0 Å². The van der Waals surface area contributed by atoms with Crippen molar-refractivity contribution in [1.82, 2.24) is 0 Å². The van der Waals surface area contributed by atoms with Crippen LogP contribution in [0.5, 0.6) is 0 Å². The van der Waals surface area contributed by atoms with E-state index in [0.717, 1.165) is 33.9 Å². The maximum atomic E-state index is 3.52. The van der Waals surface area contributed by atoms with E-state index in [-0.39, 0.29) is 0 Å². The molecule has 0 aliphatic carbocycles. The molecule has 0 spiro atoms. The first kappa shape index (κ1) is 15.3. The molecule has 1 aromatic carbocycles. The number of rotatable bonds is 3. The fourth-order valence-electron chi connectivity index (χ4n) is 1.78. The lowest BCUT2D eigenvalue weighted by molar-refractivity contribution is -0.697. The number of pyridine rings is 1. The molecule has 1 nitrogen and oxygen atoms in total. The highest BCUT2D eigenvalue weighted by Crippen LogP contribution is 2.20. The standard InChI is InChI=1S/C17H16Br2N/c1-14-8-11-20(12-9-14)10-4-2-3-5-15-13-16(18)6-7-17(15)19/h6-9,11-13H,2,4,10H2,1H3/q+1. The molecule has 1 heterocycles. The van der Waals surface area contributed by atoms with Crippen molar-refractivity contribution in [2.75, 3.05) is 0 Å². The van der Waals surface area contributed by atoms with E-state index in [1.54, 1.807) is 0 Å². The molecule has 0 saturated carbocycles. The smallest absolute Gasteiger partial charge is 0.169 e. The van der Waals surface area contributed by atoms with Gasteiger partial charge in [-0.3, -0.25) is 0 Å². The van der Waals surface area contributed by atoms with E-state index >= 15 is 0 Å². The van der Waals surface area contributed by atoms with Crippen LogP contribution in [0.4, 0.5) is 0 Å². The Bertz CT molecular complexity index is 636. The number of benzene rings is 1. The topological polar surface area (TPSA) is 3.88 Å². The molecule has 2 aromatic rings. The van der Waals surface area contributed by atoms with Gasteiger partial charge in [-0.1, -0.05) is 27.8 Å². The molecule has 0 N–H and O–H groups in total. The maximum absolute atomic E-state index is 3.52. The molecule has 20 heavy (non-hydrogen) atoms. The molecule has 0 fully saturated rings. The number of halogens is 2. The summed E-state index contributed by atoms with van der Waals surface area (Å²) in [6.45, 7) is 3.11. The zero-order valence-electron chi connectivity index (χ0n) is 11.4. The van der Waals surface area contributed by atoms with Gasteiger partial charge in [-0.05, 0) is 46.6 Å². The van der Waals surface area contributed by atoms with Crippen LogP contribution in [-0.2, 0) is 6.54 Å². The molecular formula is C17H16Br2N+. The molecule has 2 rings (SSSR count). The van der Waals surface area contributed by atoms with Gasteiger partial charge in [0.25, 0.3) is 0 Å². The van der Waals surface area contributed by atoms with E-state index in [0.29, 0.717) is 0 Å². The van der Waals surface area contributed by atoms with Gasteiger partial charge in [0.2, 0.25) is 0 Å². The van der Waals surface area contributed by atoms with Crippen LogP contribution in [0.1, 0.15) is 24.0 Å². The van der Waals surface area contributed by atoms with Gasteiger partial charge in [-0.25, -0.2) is 4.57 Å². The molecule has 0 amide bonds. The van der Waals surface area contributed by atoms with Gasteiger partial charge in [-0.2, -0.15) is 0 Å². The fourth-order valence-corrected chi connectivity index (χ4v) is 2.49. The van der Waals surface area contributed by atoms with Gasteiger partial charge in [0.15, 0.2) is 12.4 Å². The van der Waals surface area contributed by atoms with Crippen molar-refractivity contribution >= 4 is 31.9 Å². The molecule has 1 aromatic heterocycles. The predicted molar refractivity (Wildman–Crippen MR) is 89.3 cm³/mol. The lowest BCUT2D eigenvalue weighted by atomic mass is 10.2. The molecule has 0 atom stereocenters. The first-order valence-corrected chi connectivity index (χ1v) is 8.13. The van der Waals surface area contributed by atoms with Gasteiger partial charge < -0.3 is 0 Å². The molecule has 0 aliphatic rings. The second-order valence-electron chi connectivity index (χ2n) is 4.64. The number of nitrogens with zero attached hydrogens (tertiary/aromatic N) is 1. The highest BCUT2D eigenvalue weighted by molar-refractivity contribution is 9.11. The molecule has 3 heteroatoms. The van der Waals surface area contributed by atoms with E-state index < -0.39 is 0 Å². The average Bonchev–Trinajstić information content (AvgIpc) is 2.44. The Morgan fingerprint density at radius 3 is 2.60 bits per heavy atom. The van der Waals surface area contributed by atoms with Gasteiger partial charge in [0.1, 0.15) is 6.54 Å². The van der Waals surface area contributed by atoms with E-state index in [1.165, 1.54) is 5.56 Å². The molecule has 102 valence electrons. The minimum absolute atomic E-state index is 0.903. The number of unbranched alkanes of at least 4 members (excludes halogenated alkanes) is 1. The van der Waals surface area contributed by atoms with E-state index in [4.69, 9.17) is 0 Å². The Morgan fingerprint density at radius 1 is 1.10 bits per heavy atom. The molecule has 0 radical (unpaired) electrons. The van der Waals surface area contributed by atoms with E-state index in [1.807, 2.05) is 18.2 Å². The average molecular weight is 394 g/mol. The summed E-state index contributed by atoms with van der Waals surface area (Å²) in [6, 6.07) is 10.3. The van der Waals surface area contributed by atoms with Gasteiger partial charge in [-0.15, -0.1) is 0 Å². The molecule has 0 unspecified atom stereocenters. The van der Waals surface area contributed by atoms with Crippen LogP contribution in [0, 0.1) is 18.8 Å². The first-order chi connectivity index (χ1) is 9.65. The third-order valence-corrected chi connectivity index (χ3v) is 4.11. The summed E-state index contributed by atoms with van der Waals surface area (Å²) in [5.74, 6) is 6.45. The molecule has 0 saturated heterocycles. The summed E-state index contributed by atoms with van der Waals surface area (Å²) in [6.07, 6.45) is 6.20. The largest absolute Gasteiger partial charge is 0.205 e. The second kappa shape index (κ2) is 7.61. The monoisotopic (exact) mass is 392 g/mol. The molecule has 0 aliphatic heterocycles. The summed E-state index contributed by atoms with van der Waals surface area (Å²) in [4.78, 5) is 0. The number of aryl methyl sites for hydroxylation is 2. The Kier molecular flexibility index (Phi) is 5.82. The lowest BCUT2D eigenvalue weighted by Gasteiger charge is -1.97. The van der Waals surface area contributed by atoms with Crippen LogP contribution >= 0.6 is 31.9 Å². The van der Waals surface area contributed by atoms with Gasteiger partial charge in [0.05, 0.1) is 0 Å². The summed E-state index contributed by atoms with van der Waals surface area (Å²) in [5.41, 5.74) is 2.32. The third kappa shape index (κ3) is 4.77. The van der Waals surface area contributed by atoms with Gasteiger partial charge >= 0.3 is 0 Å². The number of aromatic nitrogens is 1. The third-order valence-electron chi connectivity index (χ3n) is 2.93. The van der Waals surface area contributed by atoms with Crippen LogP contribution in [0.3, 0.4) is 0 Å².